The molecule has 3 rings (SSSR count). The molecule has 2 heterocycles. The van der Waals surface area contributed by atoms with E-state index in [2.05, 4.69) is 19.4 Å². The summed E-state index contributed by atoms with van der Waals surface area (Å²) >= 11 is 0.919. The maximum absolute atomic E-state index is 12.2. The predicted octanol–water partition coefficient (Wildman–Crippen LogP) is 2.37. The van der Waals surface area contributed by atoms with Gasteiger partial charge in [0, 0.05) is 35.2 Å². The molecule has 0 saturated carbocycles. The van der Waals surface area contributed by atoms with Crippen LogP contribution in [0, 0.1) is 0 Å². The predicted molar refractivity (Wildman–Crippen MR) is 85.0 cm³/mol. The Morgan fingerprint density at radius 3 is 2.52 bits per heavy atom. The van der Waals surface area contributed by atoms with E-state index in [9.17, 15) is 9.59 Å². The molecule has 1 N–H and O–H groups in total. The van der Waals surface area contributed by atoms with Crippen molar-refractivity contribution >= 4 is 28.5 Å². The van der Waals surface area contributed by atoms with Gasteiger partial charge in [-0.05, 0) is 36.4 Å². The summed E-state index contributed by atoms with van der Waals surface area (Å²) < 4.78 is 10.3. The summed E-state index contributed by atoms with van der Waals surface area (Å²) in [5.41, 5.74) is 1.44. The Bertz CT molecular complexity index is 825. The Morgan fingerprint density at radius 1 is 1.17 bits per heavy atom. The zero-order chi connectivity index (χ0) is 16.2. The van der Waals surface area contributed by atoms with Gasteiger partial charge in [0.05, 0.1) is 7.11 Å². The van der Waals surface area contributed by atoms with E-state index in [1.165, 1.54) is 7.11 Å². The molecule has 3 aromatic rings. The SMILES string of the molecule is COC(=O)c1nsc(NC(=O)c2ccc(-n3cccc3)cc2)n1. The molecule has 0 fully saturated rings. The highest BCUT2D eigenvalue weighted by Crippen LogP contribution is 2.15. The number of hydrogen-bond acceptors (Lipinski definition) is 6. The van der Waals surface area contributed by atoms with Crippen molar-refractivity contribution in [2.45, 2.75) is 0 Å². The molecule has 7 nitrogen and oxygen atoms in total. The van der Waals surface area contributed by atoms with Crippen LogP contribution in [-0.2, 0) is 4.74 Å². The van der Waals surface area contributed by atoms with E-state index in [1.54, 1.807) is 12.1 Å². The number of hydrogen-bond donors (Lipinski definition) is 1. The van der Waals surface area contributed by atoms with Crippen molar-refractivity contribution in [2.24, 2.45) is 0 Å². The van der Waals surface area contributed by atoms with E-state index in [-0.39, 0.29) is 16.9 Å². The second-order valence-corrected chi connectivity index (χ2v) is 5.26. The quantitative estimate of drug-likeness (QED) is 0.743. The fourth-order valence-corrected chi connectivity index (χ4v) is 2.46. The Balaban J connectivity index is 1.71. The topological polar surface area (TPSA) is 86.1 Å². The minimum atomic E-state index is -0.641. The van der Waals surface area contributed by atoms with Crippen LogP contribution >= 0.6 is 11.5 Å². The fourth-order valence-electron chi connectivity index (χ4n) is 1.91. The average Bonchev–Trinajstić information content (AvgIpc) is 3.26. The summed E-state index contributed by atoms with van der Waals surface area (Å²) in [6.07, 6.45) is 3.84. The highest BCUT2D eigenvalue weighted by molar-refractivity contribution is 7.10. The van der Waals surface area contributed by atoms with Crippen LogP contribution < -0.4 is 5.32 Å². The van der Waals surface area contributed by atoms with Gasteiger partial charge in [0.25, 0.3) is 11.7 Å². The number of nitrogens with one attached hydrogen (secondary N) is 1. The standard InChI is InChI=1S/C15H12N4O3S/c1-22-14(21)12-16-15(23-18-12)17-13(20)10-4-6-11(7-5-10)19-8-2-3-9-19/h2-9H,1H3,(H,16,17,18,20). The summed E-state index contributed by atoms with van der Waals surface area (Å²) in [6.45, 7) is 0. The lowest BCUT2D eigenvalue weighted by Crippen LogP contribution is -2.12. The lowest BCUT2D eigenvalue weighted by molar-refractivity contribution is 0.0588. The van der Waals surface area contributed by atoms with Gasteiger partial charge in [-0.1, -0.05) is 0 Å². The fraction of sp³-hybridized carbons (Fsp3) is 0.0667. The molecule has 0 saturated heterocycles. The second kappa shape index (κ2) is 6.41. The first kappa shape index (κ1) is 14.9. The maximum Gasteiger partial charge on any atom is 0.377 e. The van der Waals surface area contributed by atoms with Gasteiger partial charge in [-0.15, -0.1) is 0 Å². The molecule has 8 heteroatoms. The summed E-state index contributed by atoms with van der Waals surface area (Å²) in [5, 5.41) is 2.84. The number of carbonyl (C=O) groups is 2. The van der Waals surface area contributed by atoms with Crippen LogP contribution in [0.2, 0.25) is 0 Å². The molecule has 0 aliphatic heterocycles. The number of anilines is 1. The first-order chi connectivity index (χ1) is 11.2. The van der Waals surface area contributed by atoms with Crippen molar-refractivity contribution in [2.75, 3.05) is 12.4 Å². The van der Waals surface area contributed by atoms with Crippen molar-refractivity contribution in [3.8, 4) is 5.69 Å². The minimum Gasteiger partial charge on any atom is -0.463 e. The molecule has 0 aliphatic rings. The Kier molecular flexibility index (Phi) is 4.15. The van der Waals surface area contributed by atoms with E-state index in [0.717, 1.165) is 17.2 Å². The summed E-state index contributed by atoms with van der Waals surface area (Å²) in [5.74, 6) is -1.04. The molecule has 0 aliphatic carbocycles. The van der Waals surface area contributed by atoms with Gasteiger partial charge < -0.3 is 9.30 Å². The molecular weight excluding hydrogens is 316 g/mol. The van der Waals surface area contributed by atoms with Crippen molar-refractivity contribution in [1.29, 1.82) is 0 Å². The maximum atomic E-state index is 12.2. The lowest BCUT2D eigenvalue weighted by atomic mass is 10.2. The van der Waals surface area contributed by atoms with E-state index < -0.39 is 5.97 Å². The zero-order valence-corrected chi connectivity index (χ0v) is 12.9. The second-order valence-electron chi connectivity index (χ2n) is 4.51. The number of methoxy groups -OCH3 is 1. The Labute approximate surface area is 135 Å². The van der Waals surface area contributed by atoms with E-state index in [4.69, 9.17) is 0 Å². The van der Waals surface area contributed by atoms with Crippen LogP contribution in [0.5, 0.6) is 0 Å². The summed E-state index contributed by atoms with van der Waals surface area (Å²) in [6, 6.07) is 11.0. The van der Waals surface area contributed by atoms with E-state index in [0.29, 0.717) is 5.56 Å². The third kappa shape index (κ3) is 3.27. The van der Waals surface area contributed by atoms with E-state index in [1.807, 2.05) is 41.2 Å². The smallest absolute Gasteiger partial charge is 0.377 e. The molecule has 0 radical (unpaired) electrons. The van der Waals surface area contributed by atoms with Gasteiger partial charge >= 0.3 is 5.97 Å². The van der Waals surface area contributed by atoms with Gasteiger partial charge in [0.15, 0.2) is 0 Å². The van der Waals surface area contributed by atoms with Crippen LogP contribution in [-0.4, -0.2) is 32.9 Å². The minimum absolute atomic E-state index is 0.0734. The molecule has 0 unspecified atom stereocenters. The van der Waals surface area contributed by atoms with Gasteiger partial charge in [-0.3, -0.25) is 10.1 Å². The van der Waals surface area contributed by atoms with Crippen molar-refractivity contribution < 1.29 is 14.3 Å². The largest absolute Gasteiger partial charge is 0.463 e. The zero-order valence-electron chi connectivity index (χ0n) is 12.1. The lowest BCUT2D eigenvalue weighted by Gasteiger charge is -2.05. The highest BCUT2D eigenvalue weighted by atomic mass is 32.1. The first-order valence-corrected chi connectivity index (χ1v) is 7.41. The van der Waals surface area contributed by atoms with E-state index >= 15 is 0 Å². The molecule has 0 spiro atoms. The molecule has 0 atom stereocenters. The third-order valence-electron chi connectivity index (χ3n) is 3.05. The van der Waals surface area contributed by atoms with Gasteiger partial charge in [0.2, 0.25) is 5.13 Å². The average molecular weight is 328 g/mol. The monoisotopic (exact) mass is 328 g/mol. The van der Waals surface area contributed by atoms with Gasteiger partial charge in [-0.2, -0.15) is 9.36 Å². The van der Waals surface area contributed by atoms with Gasteiger partial charge in [0.1, 0.15) is 0 Å². The molecule has 0 bridgehead atoms. The Hall–Kier alpha value is -3.00. The molecule has 116 valence electrons. The normalized spacial score (nSPS) is 10.3. The van der Waals surface area contributed by atoms with Gasteiger partial charge in [-0.25, -0.2) is 4.79 Å². The number of benzene rings is 1. The number of ether oxygens (including phenoxy) is 1. The number of carbonyl (C=O) groups excluding carboxylic acids is 2. The van der Waals surface area contributed by atoms with Crippen LogP contribution in [0.15, 0.2) is 48.8 Å². The van der Waals surface area contributed by atoms with Crippen LogP contribution in [0.1, 0.15) is 21.0 Å². The summed E-state index contributed by atoms with van der Waals surface area (Å²) in [7, 11) is 1.24. The van der Waals surface area contributed by atoms with Crippen molar-refractivity contribution in [3.05, 3.63) is 60.2 Å². The van der Waals surface area contributed by atoms with Crippen molar-refractivity contribution in [1.82, 2.24) is 13.9 Å². The van der Waals surface area contributed by atoms with Crippen molar-refractivity contribution in [3.63, 3.8) is 0 Å². The molecule has 2 aromatic heterocycles. The number of aromatic nitrogens is 3. The summed E-state index contributed by atoms with van der Waals surface area (Å²) in [4.78, 5) is 27.3. The molecular formula is C15H12N4O3S. The molecule has 1 amide bonds. The number of nitrogens with zero attached hydrogens (tertiary/aromatic N) is 3. The molecule has 23 heavy (non-hydrogen) atoms. The number of amides is 1. The molecule has 1 aromatic carbocycles. The highest BCUT2D eigenvalue weighted by Gasteiger charge is 2.15. The Morgan fingerprint density at radius 2 is 1.87 bits per heavy atom. The number of rotatable bonds is 4. The van der Waals surface area contributed by atoms with Crippen LogP contribution in [0.3, 0.4) is 0 Å². The third-order valence-corrected chi connectivity index (χ3v) is 3.68. The van der Waals surface area contributed by atoms with Crippen LogP contribution in [0.25, 0.3) is 5.69 Å². The van der Waals surface area contributed by atoms with Crippen LogP contribution in [0.4, 0.5) is 5.13 Å². The first-order valence-electron chi connectivity index (χ1n) is 6.64. The number of esters is 1.